The summed E-state index contributed by atoms with van der Waals surface area (Å²) >= 11 is 6.20. The van der Waals surface area contributed by atoms with Crippen LogP contribution in [0.25, 0.3) is 0 Å². The fraction of sp³-hybridized carbons (Fsp3) is 0.474. The van der Waals surface area contributed by atoms with Gasteiger partial charge in [-0.1, -0.05) is 11.6 Å². The van der Waals surface area contributed by atoms with E-state index in [1.54, 1.807) is 26.0 Å². The molecule has 0 amide bonds. The maximum absolute atomic E-state index is 13.1. The number of ether oxygens (including phenoxy) is 1. The molecule has 9 heteroatoms. The molecule has 1 atom stereocenters. The molecule has 1 aromatic carbocycles. The van der Waals surface area contributed by atoms with Crippen molar-refractivity contribution in [3.63, 3.8) is 0 Å². The van der Waals surface area contributed by atoms with Gasteiger partial charge in [0.05, 0.1) is 23.9 Å². The van der Waals surface area contributed by atoms with E-state index in [0.29, 0.717) is 31.9 Å². The van der Waals surface area contributed by atoms with Crippen molar-refractivity contribution in [1.82, 2.24) is 14.7 Å². The van der Waals surface area contributed by atoms with Crippen molar-refractivity contribution in [2.75, 3.05) is 37.7 Å². The van der Waals surface area contributed by atoms with Crippen molar-refractivity contribution in [3.8, 4) is 0 Å². The van der Waals surface area contributed by atoms with E-state index in [9.17, 15) is 14.3 Å². The van der Waals surface area contributed by atoms with Crippen LogP contribution in [0.4, 0.5) is 10.1 Å². The zero-order valence-corrected chi connectivity index (χ0v) is 16.7. The van der Waals surface area contributed by atoms with Crippen LogP contribution < -0.4 is 4.90 Å². The third-order valence-corrected chi connectivity index (χ3v) is 5.24. The number of nitrogens with zero attached hydrogens (tertiary/aromatic N) is 4. The lowest BCUT2D eigenvalue weighted by molar-refractivity contribution is -0.0147. The monoisotopic (exact) mass is 410 g/mol. The lowest BCUT2D eigenvalue weighted by Gasteiger charge is -2.38. The van der Waals surface area contributed by atoms with Gasteiger partial charge in [-0.2, -0.15) is 5.10 Å². The molecule has 1 unspecified atom stereocenters. The number of aromatic nitrogens is 2. The minimum atomic E-state index is -0.820. The second-order valence-corrected chi connectivity index (χ2v) is 7.01. The Kier molecular flexibility index (Phi) is 6.53. The van der Waals surface area contributed by atoms with Crippen LogP contribution in [0.3, 0.4) is 0 Å². The Morgan fingerprint density at radius 1 is 1.29 bits per heavy atom. The second kappa shape index (κ2) is 8.89. The Morgan fingerprint density at radius 3 is 2.54 bits per heavy atom. The van der Waals surface area contributed by atoms with Gasteiger partial charge in [0, 0.05) is 31.9 Å². The Hall–Kier alpha value is -2.16. The van der Waals surface area contributed by atoms with Crippen molar-refractivity contribution in [1.29, 1.82) is 0 Å². The number of halogens is 2. The molecule has 0 saturated carbocycles. The molecule has 1 N–H and O–H groups in total. The summed E-state index contributed by atoms with van der Waals surface area (Å²) in [6.07, 6.45) is -0.820. The van der Waals surface area contributed by atoms with Gasteiger partial charge in [0.15, 0.2) is 5.69 Å². The minimum absolute atomic E-state index is 0.109. The van der Waals surface area contributed by atoms with Gasteiger partial charge in [-0.05, 0) is 38.1 Å². The first-order valence-corrected chi connectivity index (χ1v) is 9.61. The van der Waals surface area contributed by atoms with Gasteiger partial charge >= 0.3 is 5.97 Å². The fourth-order valence-corrected chi connectivity index (χ4v) is 3.50. The number of anilines is 1. The van der Waals surface area contributed by atoms with E-state index in [1.165, 1.54) is 16.8 Å². The zero-order valence-electron chi connectivity index (χ0n) is 15.9. The molecule has 2 aromatic rings. The zero-order chi connectivity index (χ0) is 20.3. The van der Waals surface area contributed by atoms with Crippen molar-refractivity contribution in [3.05, 3.63) is 46.5 Å². The highest BCUT2D eigenvalue weighted by molar-refractivity contribution is 6.34. The Labute approximate surface area is 168 Å². The summed E-state index contributed by atoms with van der Waals surface area (Å²) in [5, 5.41) is 15.2. The van der Waals surface area contributed by atoms with Gasteiger partial charge in [-0.15, -0.1) is 0 Å². The molecule has 7 nitrogen and oxygen atoms in total. The van der Waals surface area contributed by atoms with Crippen LogP contribution in [0, 0.1) is 12.7 Å². The molecular weight excluding hydrogens is 387 g/mol. The molecule has 0 bridgehead atoms. The normalized spacial score (nSPS) is 16.2. The number of aryl methyl sites for hydroxylation is 1. The molecule has 1 saturated heterocycles. The average Bonchev–Trinajstić information content (AvgIpc) is 2.96. The van der Waals surface area contributed by atoms with Crippen LogP contribution in [-0.2, 0) is 11.3 Å². The molecule has 2 heterocycles. The average molecular weight is 411 g/mol. The van der Waals surface area contributed by atoms with Crippen LogP contribution in [0.2, 0.25) is 5.02 Å². The number of carbonyl (C=O) groups is 1. The molecule has 1 aliphatic heterocycles. The van der Waals surface area contributed by atoms with Gasteiger partial charge in [-0.3, -0.25) is 9.58 Å². The van der Waals surface area contributed by atoms with E-state index in [0.717, 1.165) is 5.69 Å². The molecule has 152 valence electrons. The van der Waals surface area contributed by atoms with Crippen LogP contribution in [0.5, 0.6) is 0 Å². The molecule has 1 aromatic heterocycles. The number of hydrogen-bond donors (Lipinski definition) is 1. The van der Waals surface area contributed by atoms with E-state index in [1.807, 2.05) is 4.90 Å². The molecule has 1 aliphatic rings. The van der Waals surface area contributed by atoms with Crippen molar-refractivity contribution in [2.45, 2.75) is 26.6 Å². The smallest absolute Gasteiger partial charge is 0.358 e. The van der Waals surface area contributed by atoms with Gasteiger partial charge in [0.1, 0.15) is 12.0 Å². The largest absolute Gasteiger partial charge is 0.461 e. The topological polar surface area (TPSA) is 70.8 Å². The predicted octanol–water partition coefficient (Wildman–Crippen LogP) is 2.30. The SMILES string of the molecule is CCOC(=O)c1c(Cl)c(C)nn1CC(O)N1CCN(c2ccc(F)cc2)CC1. The summed E-state index contributed by atoms with van der Waals surface area (Å²) in [6.45, 7) is 6.41. The van der Waals surface area contributed by atoms with Crippen LogP contribution in [0.15, 0.2) is 24.3 Å². The lowest BCUT2D eigenvalue weighted by Crippen LogP contribution is -2.51. The highest BCUT2D eigenvalue weighted by atomic mass is 35.5. The van der Waals surface area contributed by atoms with Crippen molar-refractivity contribution >= 4 is 23.3 Å². The molecular formula is C19H24ClFN4O3. The fourth-order valence-electron chi connectivity index (χ4n) is 3.29. The van der Waals surface area contributed by atoms with E-state index in [2.05, 4.69) is 10.00 Å². The third-order valence-electron chi connectivity index (χ3n) is 4.79. The summed E-state index contributed by atoms with van der Waals surface area (Å²) in [5.41, 5.74) is 1.62. The maximum Gasteiger partial charge on any atom is 0.358 e. The highest BCUT2D eigenvalue weighted by Crippen LogP contribution is 2.22. The lowest BCUT2D eigenvalue weighted by atomic mass is 10.2. The van der Waals surface area contributed by atoms with Gasteiger partial charge < -0.3 is 14.7 Å². The first kappa shape index (κ1) is 20.6. The Morgan fingerprint density at radius 2 is 1.93 bits per heavy atom. The van der Waals surface area contributed by atoms with E-state index < -0.39 is 12.2 Å². The number of piperazine rings is 1. The maximum atomic E-state index is 13.1. The number of aliphatic hydroxyl groups excluding tert-OH is 1. The summed E-state index contributed by atoms with van der Waals surface area (Å²) in [4.78, 5) is 16.2. The molecule has 0 spiro atoms. The van der Waals surface area contributed by atoms with Gasteiger partial charge in [0.25, 0.3) is 0 Å². The van der Waals surface area contributed by atoms with E-state index in [-0.39, 0.29) is 29.7 Å². The predicted molar refractivity (Wildman–Crippen MR) is 104 cm³/mol. The first-order valence-electron chi connectivity index (χ1n) is 9.23. The number of hydrogen-bond acceptors (Lipinski definition) is 6. The molecule has 0 aliphatic carbocycles. The van der Waals surface area contributed by atoms with Crippen LogP contribution in [-0.4, -0.2) is 64.8 Å². The van der Waals surface area contributed by atoms with Crippen molar-refractivity contribution < 1.29 is 19.0 Å². The van der Waals surface area contributed by atoms with E-state index >= 15 is 0 Å². The number of aliphatic hydroxyl groups is 1. The molecule has 28 heavy (non-hydrogen) atoms. The molecule has 1 fully saturated rings. The summed E-state index contributed by atoms with van der Waals surface area (Å²) in [7, 11) is 0. The summed E-state index contributed by atoms with van der Waals surface area (Å²) < 4.78 is 19.5. The molecule has 0 radical (unpaired) electrons. The second-order valence-electron chi connectivity index (χ2n) is 6.63. The summed E-state index contributed by atoms with van der Waals surface area (Å²) in [5.74, 6) is -0.815. The number of rotatable bonds is 6. The number of carbonyl (C=O) groups excluding carboxylic acids is 1. The Balaban J connectivity index is 1.63. The van der Waals surface area contributed by atoms with Gasteiger partial charge in [-0.25, -0.2) is 9.18 Å². The first-order chi connectivity index (χ1) is 13.4. The van der Waals surface area contributed by atoms with Crippen molar-refractivity contribution in [2.24, 2.45) is 0 Å². The van der Waals surface area contributed by atoms with E-state index in [4.69, 9.17) is 16.3 Å². The number of benzene rings is 1. The number of esters is 1. The third kappa shape index (κ3) is 4.45. The summed E-state index contributed by atoms with van der Waals surface area (Å²) in [6, 6.07) is 6.39. The Bertz CT molecular complexity index is 819. The molecule has 3 rings (SSSR count). The van der Waals surface area contributed by atoms with Crippen LogP contribution in [0.1, 0.15) is 23.1 Å². The standard InChI is InChI=1S/C19H24ClFN4O3/c1-3-28-19(27)18-17(20)13(2)22-25(18)12-16(26)24-10-8-23(9-11-24)15-6-4-14(21)5-7-15/h4-7,16,26H,3,8-12H2,1-2H3. The van der Waals surface area contributed by atoms with Gasteiger partial charge in [0.2, 0.25) is 0 Å². The van der Waals surface area contributed by atoms with Crippen LogP contribution >= 0.6 is 11.6 Å². The quantitative estimate of drug-likeness (QED) is 0.737. The minimum Gasteiger partial charge on any atom is -0.461 e. The highest BCUT2D eigenvalue weighted by Gasteiger charge is 2.27.